The van der Waals surface area contributed by atoms with Gasteiger partial charge in [-0.25, -0.2) is 4.79 Å². The van der Waals surface area contributed by atoms with Crippen molar-refractivity contribution in [2.45, 2.75) is 4.90 Å². The molecule has 3 heteroatoms. The van der Waals surface area contributed by atoms with E-state index in [9.17, 15) is 4.79 Å². The largest absolute Gasteiger partial charge is 0.478 e. The summed E-state index contributed by atoms with van der Waals surface area (Å²) in [7, 11) is 0. The van der Waals surface area contributed by atoms with Gasteiger partial charge in [-0.15, -0.1) is 0 Å². The first-order valence-corrected chi connectivity index (χ1v) is 3.12. The Bertz CT molecular complexity index is 258. The summed E-state index contributed by atoms with van der Waals surface area (Å²) >= 11 is 4.75. The van der Waals surface area contributed by atoms with Gasteiger partial charge in [0.2, 0.25) is 0 Å². The van der Waals surface area contributed by atoms with E-state index in [1.807, 2.05) is 0 Å². The minimum Gasteiger partial charge on any atom is -0.478 e. The SMILES string of the molecule is O=C(O)c1ccccc1[S]. The molecule has 0 fully saturated rings. The van der Waals surface area contributed by atoms with Gasteiger partial charge >= 0.3 is 5.97 Å². The fraction of sp³-hybridized carbons (Fsp3) is 0. The van der Waals surface area contributed by atoms with E-state index in [-0.39, 0.29) is 5.56 Å². The van der Waals surface area contributed by atoms with E-state index in [1.165, 1.54) is 6.07 Å². The third kappa shape index (κ3) is 1.25. The highest BCUT2D eigenvalue weighted by molar-refractivity contribution is 7.80. The number of rotatable bonds is 1. The molecule has 1 rings (SSSR count). The zero-order valence-corrected chi connectivity index (χ0v) is 5.89. The summed E-state index contributed by atoms with van der Waals surface area (Å²) in [5.41, 5.74) is 0.192. The maximum absolute atomic E-state index is 10.4. The van der Waals surface area contributed by atoms with Crippen LogP contribution in [-0.2, 0) is 0 Å². The van der Waals surface area contributed by atoms with Crippen molar-refractivity contribution < 1.29 is 9.90 Å². The van der Waals surface area contributed by atoms with Gasteiger partial charge in [0.15, 0.2) is 0 Å². The predicted molar refractivity (Wildman–Crippen MR) is 39.3 cm³/mol. The molecule has 0 saturated heterocycles. The van der Waals surface area contributed by atoms with Gasteiger partial charge in [-0.05, 0) is 12.1 Å². The maximum Gasteiger partial charge on any atom is 0.337 e. The Balaban J connectivity index is 3.15. The van der Waals surface area contributed by atoms with Crippen LogP contribution in [0.1, 0.15) is 10.4 Å². The van der Waals surface area contributed by atoms with Gasteiger partial charge in [-0.3, -0.25) is 0 Å². The smallest absolute Gasteiger partial charge is 0.337 e. The van der Waals surface area contributed by atoms with Gasteiger partial charge in [0, 0.05) is 0 Å². The molecule has 0 saturated carbocycles. The summed E-state index contributed by atoms with van der Waals surface area (Å²) in [6.07, 6.45) is 0. The Morgan fingerprint density at radius 1 is 1.40 bits per heavy atom. The molecule has 0 heterocycles. The third-order valence-corrected chi connectivity index (χ3v) is 1.47. The molecule has 0 aliphatic rings. The van der Waals surface area contributed by atoms with Gasteiger partial charge < -0.3 is 5.11 Å². The highest BCUT2D eigenvalue weighted by Crippen LogP contribution is 2.11. The standard InChI is InChI=1S/C7H5O2S/c8-7(9)5-3-1-2-4-6(5)10/h1-4H,(H,8,9). The summed E-state index contributed by atoms with van der Waals surface area (Å²) in [5, 5.41) is 8.50. The highest BCUT2D eigenvalue weighted by Gasteiger charge is 2.04. The van der Waals surface area contributed by atoms with E-state index in [0.29, 0.717) is 4.90 Å². The summed E-state index contributed by atoms with van der Waals surface area (Å²) < 4.78 is 0. The molecule has 2 nitrogen and oxygen atoms in total. The normalized spacial score (nSPS) is 9.20. The number of carboxylic acid groups (broad SMARTS) is 1. The molecule has 0 aliphatic carbocycles. The number of carbonyl (C=O) groups is 1. The second-order valence-electron chi connectivity index (χ2n) is 1.80. The summed E-state index contributed by atoms with van der Waals surface area (Å²) in [6.45, 7) is 0. The lowest BCUT2D eigenvalue weighted by Gasteiger charge is -1.94. The number of hydrogen-bond acceptors (Lipinski definition) is 1. The molecule has 1 aromatic rings. The molecular formula is C7H5O2S. The van der Waals surface area contributed by atoms with Crippen molar-refractivity contribution in [2.75, 3.05) is 0 Å². The van der Waals surface area contributed by atoms with Gasteiger partial charge in [-0.2, -0.15) is 0 Å². The number of hydrogen-bond donors (Lipinski definition) is 1. The number of carboxylic acids is 1. The Morgan fingerprint density at radius 2 is 2.00 bits per heavy atom. The Morgan fingerprint density at radius 3 is 2.40 bits per heavy atom. The van der Waals surface area contributed by atoms with E-state index in [1.54, 1.807) is 18.2 Å². The van der Waals surface area contributed by atoms with Crippen LogP contribution in [0, 0.1) is 0 Å². The van der Waals surface area contributed by atoms with E-state index >= 15 is 0 Å². The molecule has 0 bridgehead atoms. The lowest BCUT2D eigenvalue weighted by atomic mass is 10.2. The second-order valence-corrected chi connectivity index (χ2v) is 2.24. The predicted octanol–water partition coefficient (Wildman–Crippen LogP) is 1.94. The summed E-state index contributed by atoms with van der Waals surface area (Å²) in [6, 6.07) is 6.46. The first-order chi connectivity index (χ1) is 4.72. The van der Waals surface area contributed by atoms with E-state index in [0.717, 1.165) is 0 Å². The molecule has 0 amide bonds. The minimum atomic E-state index is -0.967. The zero-order valence-electron chi connectivity index (χ0n) is 5.07. The van der Waals surface area contributed by atoms with Crippen LogP contribution < -0.4 is 0 Å². The van der Waals surface area contributed by atoms with Gasteiger partial charge in [0.1, 0.15) is 0 Å². The average molecular weight is 153 g/mol. The van der Waals surface area contributed by atoms with Crippen molar-refractivity contribution in [1.29, 1.82) is 0 Å². The van der Waals surface area contributed by atoms with Crippen LogP contribution in [0.15, 0.2) is 29.2 Å². The molecule has 1 aromatic carbocycles. The van der Waals surface area contributed by atoms with Crippen molar-refractivity contribution >= 4 is 18.6 Å². The van der Waals surface area contributed by atoms with Crippen LogP contribution in [-0.4, -0.2) is 11.1 Å². The van der Waals surface area contributed by atoms with Crippen LogP contribution >= 0.6 is 12.6 Å². The third-order valence-electron chi connectivity index (χ3n) is 1.12. The maximum atomic E-state index is 10.4. The van der Waals surface area contributed by atoms with Crippen molar-refractivity contribution in [3.63, 3.8) is 0 Å². The van der Waals surface area contributed by atoms with Crippen LogP contribution in [0.2, 0.25) is 0 Å². The lowest BCUT2D eigenvalue weighted by molar-refractivity contribution is 0.0693. The molecule has 1 radical (unpaired) electrons. The van der Waals surface area contributed by atoms with Gasteiger partial charge in [-0.1, -0.05) is 24.8 Å². The molecule has 0 aliphatic heterocycles. The molecule has 0 unspecified atom stereocenters. The van der Waals surface area contributed by atoms with Gasteiger partial charge in [0.25, 0.3) is 0 Å². The highest BCUT2D eigenvalue weighted by atomic mass is 32.1. The van der Waals surface area contributed by atoms with Gasteiger partial charge in [0.05, 0.1) is 10.5 Å². The Labute approximate surface area is 63.9 Å². The first kappa shape index (κ1) is 7.02. The van der Waals surface area contributed by atoms with E-state index in [4.69, 9.17) is 17.7 Å². The molecular weight excluding hydrogens is 148 g/mol. The Hall–Kier alpha value is -1.09. The second kappa shape index (κ2) is 2.66. The fourth-order valence-corrected chi connectivity index (χ4v) is 0.877. The van der Waals surface area contributed by atoms with Crippen molar-refractivity contribution in [1.82, 2.24) is 0 Å². The van der Waals surface area contributed by atoms with Crippen LogP contribution in [0.3, 0.4) is 0 Å². The zero-order chi connectivity index (χ0) is 7.56. The first-order valence-electron chi connectivity index (χ1n) is 2.71. The quantitative estimate of drug-likeness (QED) is 0.669. The number of aromatic carboxylic acids is 1. The minimum absolute atomic E-state index is 0.192. The molecule has 0 spiro atoms. The monoisotopic (exact) mass is 153 g/mol. The fourth-order valence-electron chi connectivity index (χ4n) is 0.643. The average Bonchev–Trinajstić information content (AvgIpc) is 1.88. The lowest BCUT2D eigenvalue weighted by Crippen LogP contribution is -1.96. The van der Waals surface area contributed by atoms with Crippen LogP contribution in [0.25, 0.3) is 0 Å². The molecule has 1 N–H and O–H groups in total. The van der Waals surface area contributed by atoms with Crippen LogP contribution in [0.5, 0.6) is 0 Å². The van der Waals surface area contributed by atoms with Crippen LogP contribution in [0.4, 0.5) is 0 Å². The van der Waals surface area contributed by atoms with E-state index < -0.39 is 5.97 Å². The Kier molecular flexibility index (Phi) is 1.87. The summed E-state index contributed by atoms with van der Waals surface area (Å²) in [4.78, 5) is 10.7. The van der Waals surface area contributed by atoms with E-state index in [2.05, 4.69) is 0 Å². The molecule has 51 valence electrons. The van der Waals surface area contributed by atoms with Crippen molar-refractivity contribution in [3.05, 3.63) is 29.8 Å². The molecule has 0 atom stereocenters. The molecule has 0 aromatic heterocycles. The topological polar surface area (TPSA) is 37.3 Å². The molecule has 10 heavy (non-hydrogen) atoms. The van der Waals surface area contributed by atoms with Crippen molar-refractivity contribution in [3.8, 4) is 0 Å². The summed E-state index contributed by atoms with van der Waals surface area (Å²) in [5.74, 6) is -0.967. The van der Waals surface area contributed by atoms with Crippen molar-refractivity contribution in [2.24, 2.45) is 0 Å². The number of benzene rings is 1.